The van der Waals surface area contributed by atoms with E-state index in [1.54, 1.807) is 38.5 Å². The summed E-state index contributed by atoms with van der Waals surface area (Å²) >= 11 is 0. The van der Waals surface area contributed by atoms with Crippen LogP contribution in [0.2, 0.25) is 0 Å². The van der Waals surface area contributed by atoms with Gasteiger partial charge in [-0.25, -0.2) is 8.42 Å². The molecule has 1 aliphatic heterocycles. The summed E-state index contributed by atoms with van der Waals surface area (Å²) in [6.45, 7) is 0.808. The number of sulfonamides is 1. The molecule has 8 heteroatoms. The van der Waals surface area contributed by atoms with Gasteiger partial charge in [-0.15, -0.1) is 0 Å². The van der Waals surface area contributed by atoms with Crippen LogP contribution in [-0.4, -0.2) is 41.3 Å². The van der Waals surface area contributed by atoms with E-state index in [4.69, 9.17) is 9.47 Å². The van der Waals surface area contributed by atoms with Crippen molar-refractivity contribution < 1.29 is 22.7 Å². The number of carbonyl (C=O) groups is 1. The van der Waals surface area contributed by atoms with Gasteiger partial charge >= 0.3 is 0 Å². The Kier molecular flexibility index (Phi) is 5.79. The molecule has 0 unspecified atom stereocenters. The van der Waals surface area contributed by atoms with E-state index in [-0.39, 0.29) is 5.91 Å². The number of hydrogen-bond acceptors (Lipinski definition) is 5. The lowest BCUT2D eigenvalue weighted by atomic mass is 10.0. The maximum Gasteiger partial charge on any atom is 0.251 e. The van der Waals surface area contributed by atoms with Gasteiger partial charge in [-0.1, -0.05) is 6.07 Å². The van der Waals surface area contributed by atoms with Crippen LogP contribution in [0.25, 0.3) is 0 Å². The molecule has 0 saturated carbocycles. The third-order valence-electron chi connectivity index (χ3n) is 4.72. The maximum absolute atomic E-state index is 12.6. The van der Waals surface area contributed by atoms with E-state index in [0.717, 1.165) is 24.0 Å². The van der Waals surface area contributed by atoms with Gasteiger partial charge in [0.25, 0.3) is 5.91 Å². The van der Waals surface area contributed by atoms with E-state index in [1.807, 2.05) is 12.1 Å². The van der Waals surface area contributed by atoms with Gasteiger partial charge in [0, 0.05) is 18.7 Å². The molecule has 1 aliphatic rings. The van der Waals surface area contributed by atoms with Crippen molar-refractivity contribution in [2.75, 3.05) is 31.3 Å². The zero-order valence-corrected chi connectivity index (χ0v) is 17.0. The van der Waals surface area contributed by atoms with Gasteiger partial charge in [0.1, 0.15) is 0 Å². The molecular formula is C20H24N2O5S. The lowest BCUT2D eigenvalue weighted by Gasteiger charge is -2.29. The Morgan fingerprint density at radius 1 is 1.11 bits per heavy atom. The minimum absolute atomic E-state index is 0.214. The SMILES string of the molecule is COc1ccc(CNC(=O)c2ccc3c(c2)CCCN3S(C)(=O)=O)cc1OC. The van der Waals surface area contributed by atoms with Gasteiger partial charge in [-0.3, -0.25) is 9.10 Å². The number of fused-ring (bicyclic) bond motifs is 1. The molecule has 0 saturated heterocycles. The van der Waals surface area contributed by atoms with E-state index < -0.39 is 10.0 Å². The number of aryl methyl sites for hydroxylation is 1. The number of hydrogen-bond donors (Lipinski definition) is 1. The van der Waals surface area contributed by atoms with Crippen molar-refractivity contribution >= 4 is 21.6 Å². The van der Waals surface area contributed by atoms with Crippen molar-refractivity contribution in [1.29, 1.82) is 0 Å². The van der Waals surface area contributed by atoms with Crippen molar-refractivity contribution in [2.24, 2.45) is 0 Å². The molecule has 0 bridgehead atoms. The Bertz CT molecular complexity index is 988. The third-order valence-corrected chi connectivity index (χ3v) is 5.90. The number of benzene rings is 2. The molecule has 1 amide bonds. The standard InChI is InChI=1S/C20H24N2O5S/c1-26-18-9-6-14(11-19(18)27-2)13-21-20(23)16-7-8-17-15(12-16)5-4-10-22(17)28(3,24)25/h6-9,11-12H,4-5,10,13H2,1-3H3,(H,21,23). The predicted molar refractivity (Wildman–Crippen MR) is 108 cm³/mol. The van der Waals surface area contributed by atoms with Gasteiger partial charge in [-0.2, -0.15) is 0 Å². The molecule has 2 aromatic carbocycles. The second kappa shape index (κ2) is 8.10. The fourth-order valence-electron chi connectivity index (χ4n) is 3.32. The second-order valence-electron chi connectivity index (χ2n) is 6.65. The largest absolute Gasteiger partial charge is 0.493 e. The highest BCUT2D eigenvalue weighted by atomic mass is 32.2. The number of amides is 1. The first-order valence-corrected chi connectivity index (χ1v) is 10.8. The van der Waals surface area contributed by atoms with Crippen LogP contribution in [0.4, 0.5) is 5.69 Å². The molecule has 1 heterocycles. The van der Waals surface area contributed by atoms with Crippen LogP contribution in [-0.2, 0) is 23.0 Å². The zero-order valence-electron chi connectivity index (χ0n) is 16.2. The molecule has 0 spiro atoms. The normalized spacial score (nSPS) is 13.6. The summed E-state index contributed by atoms with van der Waals surface area (Å²) in [7, 11) is -0.188. The highest BCUT2D eigenvalue weighted by Gasteiger charge is 2.24. The molecule has 0 aliphatic carbocycles. The summed E-state index contributed by atoms with van der Waals surface area (Å²) in [6.07, 6.45) is 2.68. The summed E-state index contributed by atoms with van der Waals surface area (Å²) in [5, 5.41) is 2.89. The molecule has 0 fully saturated rings. The Morgan fingerprint density at radius 3 is 2.54 bits per heavy atom. The predicted octanol–water partition coefficient (Wildman–Crippen LogP) is 2.35. The Hall–Kier alpha value is -2.74. The van der Waals surface area contributed by atoms with Crippen LogP contribution in [0.3, 0.4) is 0 Å². The molecule has 150 valence electrons. The summed E-state index contributed by atoms with van der Waals surface area (Å²) < 4.78 is 35.8. The first-order chi connectivity index (χ1) is 13.3. The monoisotopic (exact) mass is 404 g/mol. The average Bonchev–Trinajstić information content (AvgIpc) is 2.70. The molecule has 0 aromatic heterocycles. The number of rotatable bonds is 6. The molecular weight excluding hydrogens is 380 g/mol. The number of carbonyl (C=O) groups excluding carboxylic acids is 1. The average molecular weight is 404 g/mol. The zero-order chi connectivity index (χ0) is 20.3. The first-order valence-electron chi connectivity index (χ1n) is 8.93. The van der Waals surface area contributed by atoms with E-state index in [1.165, 1.54) is 10.6 Å². The van der Waals surface area contributed by atoms with Gasteiger partial charge in [-0.05, 0) is 54.3 Å². The summed E-state index contributed by atoms with van der Waals surface area (Å²) in [4.78, 5) is 12.6. The van der Waals surface area contributed by atoms with Crippen LogP contribution in [0.5, 0.6) is 11.5 Å². The number of nitrogens with zero attached hydrogens (tertiary/aromatic N) is 1. The van der Waals surface area contributed by atoms with Crippen LogP contribution in [0, 0.1) is 0 Å². The fraction of sp³-hybridized carbons (Fsp3) is 0.350. The van der Waals surface area contributed by atoms with E-state index in [2.05, 4.69) is 5.32 Å². The Morgan fingerprint density at radius 2 is 1.86 bits per heavy atom. The number of nitrogens with one attached hydrogen (secondary N) is 1. The molecule has 3 rings (SSSR count). The van der Waals surface area contributed by atoms with Crippen LogP contribution in [0.15, 0.2) is 36.4 Å². The number of ether oxygens (including phenoxy) is 2. The van der Waals surface area contributed by atoms with Crippen molar-refractivity contribution in [1.82, 2.24) is 5.32 Å². The van der Waals surface area contributed by atoms with Crippen molar-refractivity contribution in [3.8, 4) is 11.5 Å². The first kappa shape index (κ1) is 20.0. The minimum atomic E-state index is -3.32. The molecule has 7 nitrogen and oxygen atoms in total. The number of methoxy groups -OCH3 is 2. The smallest absolute Gasteiger partial charge is 0.251 e. The quantitative estimate of drug-likeness (QED) is 0.799. The van der Waals surface area contributed by atoms with Crippen molar-refractivity contribution in [3.05, 3.63) is 53.1 Å². The van der Waals surface area contributed by atoms with Gasteiger partial charge in [0.05, 0.1) is 26.2 Å². The van der Waals surface area contributed by atoms with Gasteiger partial charge in [0.2, 0.25) is 10.0 Å². The number of anilines is 1. The lowest BCUT2D eigenvalue weighted by molar-refractivity contribution is 0.0950. The van der Waals surface area contributed by atoms with Gasteiger partial charge in [0.15, 0.2) is 11.5 Å². The third kappa shape index (κ3) is 4.22. The van der Waals surface area contributed by atoms with Crippen molar-refractivity contribution in [2.45, 2.75) is 19.4 Å². The Labute approximate surface area is 165 Å². The van der Waals surface area contributed by atoms with Crippen molar-refractivity contribution in [3.63, 3.8) is 0 Å². The highest BCUT2D eigenvalue weighted by Crippen LogP contribution is 2.30. The highest BCUT2D eigenvalue weighted by molar-refractivity contribution is 7.92. The van der Waals surface area contributed by atoms with Crippen LogP contribution in [0.1, 0.15) is 27.9 Å². The summed E-state index contributed by atoms with van der Waals surface area (Å²) in [5.74, 6) is 1.01. The van der Waals surface area contributed by atoms with E-state index in [9.17, 15) is 13.2 Å². The van der Waals surface area contributed by atoms with Gasteiger partial charge < -0.3 is 14.8 Å². The molecule has 1 N–H and O–H groups in total. The molecule has 0 atom stereocenters. The maximum atomic E-state index is 12.6. The molecule has 28 heavy (non-hydrogen) atoms. The minimum Gasteiger partial charge on any atom is -0.493 e. The molecule has 2 aromatic rings. The van der Waals surface area contributed by atoms with E-state index >= 15 is 0 Å². The second-order valence-corrected chi connectivity index (χ2v) is 8.56. The topological polar surface area (TPSA) is 84.9 Å². The Balaban J connectivity index is 1.74. The summed E-state index contributed by atoms with van der Waals surface area (Å²) in [5.41, 5.74) is 2.92. The molecule has 0 radical (unpaired) electrons. The fourth-order valence-corrected chi connectivity index (χ4v) is 4.32. The van der Waals surface area contributed by atoms with Crippen LogP contribution >= 0.6 is 0 Å². The summed E-state index contributed by atoms with van der Waals surface area (Å²) in [6, 6.07) is 10.6. The van der Waals surface area contributed by atoms with E-state index in [0.29, 0.717) is 35.8 Å². The lowest BCUT2D eigenvalue weighted by Crippen LogP contribution is -2.34. The van der Waals surface area contributed by atoms with Crippen LogP contribution < -0.4 is 19.1 Å².